The van der Waals surface area contributed by atoms with Crippen LogP contribution in [0.2, 0.25) is 5.02 Å². The molecule has 10 N–H and O–H groups in total. The van der Waals surface area contributed by atoms with Crippen LogP contribution in [-0.4, -0.2) is 106 Å². The van der Waals surface area contributed by atoms with Gasteiger partial charge in [0.15, 0.2) is 0 Å². The zero-order valence-corrected chi connectivity index (χ0v) is 36.2. The van der Waals surface area contributed by atoms with Crippen molar-refractivity contribution in [2.45, 2.75) is 76.5 Å². The van der Waals surface area contributed by atoms with Gasteiger partial charge in [0.05, 0.1) is 23.3 Å². The molecule has 0 spiro atoms. The summed E-state index contributed by atoms with van der Waals surface area (Å²) in [5, 5.41) is 19.9. The highest BCUT2D eigenvalue weighted by Crippen LogP contribution is 2.40. The molecular formula is C44H58ClN9O8. The lowest BCUT2D eigenvalue weighted by atomic mass is 9.93. The van der Waals surface area contributed by atoms with Gasteiger partial charge in [0, 0.05) is 37.7 Å². The van der Waals surface area contributed by atoms with Crippen molar-refractivity contribution in [1.82, 2.24) is 26.2 Å². The number of likely N-dealkylation sites (N-methyl/N-ethyl adjacent to an activating group) is 1. The van der Waals surface area contributed by atoms with Gasteiger partial charge in [-0.1, -0.05) is 49.9 Å². The molecule has 0 unspecified atom stereocenters. The summed E-state index contributed by atoms with van der Waals surface area (Å²) in [5.74, 6) is -2.13. The van der Waals surface area contributed by atoms with Crippen LogP contribution in [0, 0.1) is 11.3 Å². The number of hydrogen-bond acceptors (Lipinski definition) is 12. The topological polar surface area (TPSA) is 266 Å². The summed E-state index contributed by atoms with van der Waals surface area (Å²) >= 11 is 6.55. The maximum Gasteiger partial charge on any atom is 0.253 e. The zero-order valence-electron chi connectivity index (χ0n) is 35.5. The smallest absolute Gasteiger partial charge is 0.253 e. The number of halogens is 1. The highest BCUT2D eigenvalue weighted by Gasteiger charge is 2.36. The van der Waals surface area contributed by atoms with Crippen molar-refractivity contribution < 1.29 is 38.2 Å². The first-order valence-electron chi connectivity index (χ1n) is 20.8. The molecule has 0 aliphatic carbocycles. The molecule has 1 aliphatic rings. The van der Waals surface area contributed by atoms with E-state index in [1.165, 1.54) is 24.9 Å². The number of carbonyl (C=O) groups is 5. The van der Waals surface area contributed by atoms with Crippen LogP contribution in [0.5, 0.6) is 17.2 Å². The van der Waals surface area contributed by atoms with Crippen molar-refractivity contribution in [2.24, 2.45) is 17.2 Å². The molecule has 3 aromatic rings. The lowest BCUT2D eigenvalue weighted by molar-refractivity contribution is -0.141. The quantitative estimate of drug-likeness (QED) is 0.0638. The van der Waals surface area contributed by atoms with Gasteiger partial charge in [-0.15, -0.1) is 0 Å². The Morgan fingerprint density at radius 1 is 0.887 bits per heavy atom. The van der Waals surface area contributed by atoms with Crippen molar-refractivity contribution >= 4 is 41.1 Å². The van der Waals surface area contributed by atoms with Gasteiger partial charge in [-0.3, -0.25) is 24.0 Å². The summed E-state index contributed by atoms with van der Waals surface area (Å²) in [6.07, 6.45) is 4.12. The molecule has 4 atom stereocenters. The van der Waals surface area contributed by atoms with Crippen LogP contribution >= 0.6 is 11.6 Å². The molecular weight excluding hydrogens is 818 g/mol. The fourth-order valence-corrected chi connectivity index (χ4v) is 7.11. The number of nitrogens with one attached hydrogen (secondary N) is 4. The number of hydrogen-bond donors (Lipinski definition) is 7. The Morgan fingerprint density at radius 2 is 1.58 bits per heavy atom. The van der Waals surface area contributed by atoms with Crippen molar-refractivity contribution in [3.05, 3.63) is 76.3 Å². The lowest BCUT2D eigenvalue weighted by Crippen LogP contribution is -2.56. The second-order valence-corrected chi connectivity index (χ2v) is 15.1. The molecule has 0 fully saturated rings. The number of amides is 5. The fourth-order valence-electron chi connectivity index (χ4n) is 6.85. The van der Waals surface area contributed by atoms with Gasteiger partial charge in [-0.25, -0.2) is 0 Å². The number of rotatable bonds is 20. The largest absolute Gasteiger partial charge is 0.494 e. The van der Waals surface area contributed by atoms with Crippen LogP contribution < -0.4 is 52.7 Å². The van der Waals surface area contributed by atoms with Crippen molar-refractivity contribution in [3.8, 4) is 34.4 Å². The summed E-state index contributed by atoms with van der Waals surface area (Å²) in [5.41, 5.74) is 19.6. The first-order chi connectivity index (χ1) is 29.9. The average molecular weight is 876 g/mol. The molecule has 0 aromatic heterocycles. The first kappa shape index (κ1) is 48.7. The maximum absolute atomic E-state index is 14.5. The molecule has 334 valence electrons. The fraction of sp³-hybridized carbons (Fsp3) is 0.455. The van der Waals surface area contributed by atoms with Gasteiger partial charge in [-0.2, -0.15) is 5.26 Å². The minimum atomic E-state index is -1.40. The van der Waals surface area contributed by atoms with Gasteiger partial charge in [0.2, 0.25) is 23.6 Å². The van der Waals surface area contributed by atoms with Crippen LogP contribution in [0.15, 0.2) is 54.6 Å². The SMILES string of the molecule is CCCCCCOc1ccc(C(=O)N[C@@H](CCN)C(=O)N(C)[C@@H]2C(=O)N[C@@H](C)C(=O)N[C@H](C(=O)NCC#N)Cc3ccc(OCCN)c(c3)-c3cc2ccc3OCCN)c(Cl)c1. The van der Waals surface area contributed by atoms with Gasteiger partial charge >= 0.3 is 0 Å². The monoisotopic (exact) mass is 875 g/mol. The summed E-state index contributed by atoms with van der Waals surface area (Å²) in [6.45, 7) is 4.43. The Hall–Kier alpha value is -5.93. The summed E-state index contributed by atoms with van der Waals surface area (Å²) in [4.78, 5) is 70.8. The van der Waals surface area contributed by atoms with Crippen molar-refractivity contribution in [3.63, 3.8) is 0 Å². The number of fused-ring (bicyclic) bond motifs is 5. The second-order valence-electron chi connectivity index (χ2n) is 14.7. The molecule has 0 saturated heterocycles. The normalized spacial score (nSPS) is 16.6. The minimum absolute atomic E-state index is 0.000358. The van der Waals surface area contributed by atoms with Crippen molar-refractivity contribution in [1.29, 1.82) is 5.26 Å². The van der Waals surface area contributed by atoms with E-state index >= 15 is 0 Å². The van der Waals surface area contributed by atoms with Crippen LogP contribution in [0.3, 0.4) is 0 Å². The third-order valence-corrected chi connectivity index (χ3v) is 10.4. The van der Waals surface area contributed by atoms with E-state index in [-0.39, 0.29) is 62.8 Å². The second kappa shape index (κ2) is 24.5. The molecule has 4 rings (SSSR count). The Morgan fingerprint density at radius 3 is 2.23 bits per heavy atom. The van der Waals surface area contributed by atoms with E-state index in [2.05, 4.69) is 28.2 Å². The molecule has 1 heterocycles. The van der Waals surface area contributed by atoms with E-state index < -0.39 is 53.7 Å². The van der Waals surface area contributed by atoms with Crippen LogP contribution in [0.25, 0.3) is 11.1 Å². The minimum Gasteiger partial charge on any atom is -0.494 e. The zero-order chi connectivity index (χ0) is 45.2. The van der Waals surface area contributed by atoms with E-state index in [9.17, 15) is 24.0 Å². The predicted molar refractivity (Wildman–Crippen MR) is 234 cm³/mol. The summed E-state index contributed by atoms with van der Waals surface area (Å²) in [7, 11) is 1.40. The van der Waals surface area contributed by atoms with E-state index in [1.807, 2.05) is 6.07 Å². The summed E-state index contributed by atoms with van der Waals surface area (Å²) in [6, 6.07) is 11.7. The summed E-state index contributed by atoms with van der Waals surface area (Å²) < 4.78 is 18.0. The number of carbonyl (C=O) groups excluding carboxylic acids is 5. The predicted octanol–water partition coefficient (Wildman–Crippen LogP) is 2.47. The highest BCUT2D eigenvalue weighted by molar-refractivity contribution is 6.34. The van der Waals surface area contributed by atoms with Gasteiger partial charge < -0.3 is 57.6 Å². The Balaban J connectivity index is 1.78. The molecule has 3 aromatic carbocycles. The maximum atomic E-state index is 14.5. The highest BCUT2D eigenvalue weighted by atomic mass is 35.5. The Labute approximate surface area is 367 Å². The van der Waals surface area contributed by atoms with Gasteiger partial charge in [0.1, 0.15) is 61.2 Å². The van der Waals surface area contributed by atoms with Gasteiger partial charge in [0.25, 0.3) is 5.91 Å². The number of nitriles is 1. The third kappa shape index (κ3) is 13.3. The number of nitrogens with two attached hydrogens (primary N) is 3. The van der Waals surface area contributed by atoms with E-state index in [0.717, 1.165) is 25.7 Å². The van der Waals surface area contributed by atoms with E-state index in [4.69, 9.17) is 48.3 Å². The molecule has 4 bridgehead atoms. The molecule has 62 heavy (non-hydrogen) atoms. The number of benzene rings is 3. The van der Waals surface area contributed by atoms with Crippen LogP contribution in [-0.2, 0) is 25.6 Å². The van der Waals surface area contributed by atoms with Crippen molar-refractivity contribution in [2.75, 3.05) is 53.0 Å². The first-order valence-corrected chi connectivity index (χ1v) is 21.1. The van der Waals surface area contributed by atoms with Gasteiger partial charge in [-0.05, 0) is 79.9 Å². The Kier molecular flexibility index (Phi) is 19.3. The third-order valence-electron chi connectivity index (χ3n) is 10.1. The number of ether oxygens (including phenoxy) is 3. The molecule has 0 saturated carbocycles. The van der Waals surface area contributed by atoms with E-state index in [0.29, 0.717) is 46.1 Å². The van der Waals surface area contributed by atoms with Crippen LogP contribution in [0.4, 0.5) is 0 Å². The van der Waals surface area contributed by atoms with E-state index in [1.54, 1.807) is 48.5 Å². The Bertz CT molecular complexity index is 2080. The number of nitrogens with zero attached hydrogens (tertiary/aromatic N) is 2. The molecule has 17 nitrogen and oxygen atoms in total. The molecule has 0 radical (unpaired) electrons. The standard InChI is InChI=1S/C44H58ClN9O8/c1-4-5-6-7-20-60-30-10-11-31(34(45)26-30)41(56)52-35(14-15-46)44(59)54(3)39-29-9-13-38(62-22-18-49)33(25-29)32-23-28(8-12-37(32)61-21-17-48)24-36(42(57)50-19-16-47)53-40(55)27(2)51-43(39)58/h8-13,23,25-27,35-36,39H,4-7,14-15,17-22,24,46,48-49H2,1-3H3,(H,50,57)(H,51,58)(H,52,56)(H,53,55)/t27-,35-,36-,39-/m0/s1. The molecule has 1 aliphatic heterocycles. The number of unbranched alkanes of at least 4 members (excludes halogenated alkanes) is 3. The lowest BCUT2D eigenvalue weighted by Gasteiger charge is -2.32. The molecule has 18 heteroatoms. The molecule has 5 amide bonds. The average Bonchev–Trinajstić information content (AvgIpc) is 3.26. The van der Waals surface area contributed by atoms with Crippen LogP contribution in [0.1, 0.15) is 73.5 Å².